The molecule has 6 rings (SSSR count). The van der Waals surface area contributed by atoms with E-state index in [0.717, 1.165) is 65.1 Å². The summed E-state index contributed by atoms with van der Waals surface area (Å²) in [6, 6.07) is 3.91. The summed E-state index contributed by atoms with van der Waals surface area (Å²) in [6.45, 7) is 15.3. The van der Waals surface area contributed by atoms with Crippen LogP contribution in [-0.2, 0) is 10.0 Å². The minimum atomic E-state index is -3.21. The van der Waals surface area contributed by atoms with Crippen LogP contribution in [0, 0.1) is 17.2 Å². The maximum Gasteiger partial charge on any atom is 0.258 e. The van der Waals surface area contributed by atoms with Gasteiger partial charge in [0.2, 0.25) is 10.0 Å². The fourth-order valence-corrected chi connectivity index (χ4v) is 10.1. The largest absolute Gasteiger partial charge is 0.451 e. The van der Waals surface area contributed by atoms with Crippen LogP contribution in [0.4, 0.5) is 10.2 Å². The number of piperidine rings is 2. The quantitative estimate of drug-likeness (QED) is 0.401. The van der Waals surface area contributed by atoms with Gasteiger partial charge in [0.25, 0.3) is 5.91 Å². The number of nitrogens with one attached hydrogen (secondary N) is 1. The zero-order valence-corrected chi connectivity index (χ0v) is 29.0. The van der Waals surface area contributed by atoms with E-state index in [4.69, 9.17) is 4.74 Å². The number of carbonyl (C=O) groups excluding carboxylic acids is 1. The maximum atomic E-state index is 14.4. The predicted molar refractivity (Wildman–Crippen MR) is 180 cm³/mol. The van der Waals surface area contributed by atoms with Crippen molar-refractivity contribution in [1.29, 1.82) is 0 Å². The molecule has 0 bridgehead atoms. The van der Waals surface area contributed by atoms with Crippen LogP contribution in [0.3, 0.4) is 0 Å². The van der Waals surface area contributed by atoms with Gasteiger partial charge in [-0.2, -0.15) is 0 Å². The van der Waals surface area contributed by atoms with Gasteiger partial charge in [0, 0.05) is 57.9 Å². The highest BCUT2D eigenvalue weighted by Crippen LogP contribution is 2.43. The van der Waals surface area contributed by atoms with Crippen LogP contribution in [-0.4, -0.2) is 115 Å². The molecule has 4 saturated heterocycles. The minimum Gasteiger partial charge on any atom is -0.451 e. The first-order valence-corrected chi connectivity index (χ1v) is 18.7. The molecule has 2 aromatic rings. The third-order valence-electron chi connectivity index (χ3n) is 10.5. The Morgan fingerprint density at radius 2 is 1.77 bits per heavy atom. The number of nitrogens with zero attached hydrogens (tertiary/aromatic N) is 6. The van der Waals surface area contributed by atoms with Crippen molar-refractivity contribution in [2.75, 3.05) is 63.8 Å². The van der Waals surface area contributed by atoms with E-state index in [-0.39, 0.29) is 40.0 Å². The number of rotatable bonds is 10. The molecule has 4 aliphatic heterocycles. The van der Waals surface area contributed by atoms with Crippen LogP contribution in [0.5, 0.6) is 11.5 Å². The van der Waals surface area contributed by atoms with E-state index in [2.05, 4.69) is 25.1 Å². The maximum absolute atomic E-state index is 14.4. The molecule has 1 spiro atoms. The Bertz CT molecular complexity index is 1510. The van der Waals surface area contributed by atoms with Crippen LogP contribution < -0.4 is 15.0 Å². The van der Waals surface area contributed by atoms with Gasteiger partial charge in [-0.1, -0.05) is 0 Å². The normalized spacial score (nSPS) is 22.6. The Labute approximate surface area is 278 Å². The molecule has 11 nitrogen and oxygen atoms in total. The van der Waals surface area contributed by atoms with Crippen molar-refractivity contribution in [3.05, 3.63) is 42.1 Å². The Hall–Kier alpha value is -2.87. The van der Waals surface area contributed by atoms with Crippen LogP contribution in [0.1, 0.15) is 70.2 Å². The Balaban J connectivity index is 1.05. The average Bonchev–Trinajstić information content (AvgIpc) is 3.50. The molecule has 4 aliphatic rings. The smallest absolute Gasteiger partial charge is 0.258 e. The van der Waals surface area contributed by atoms with Gasteiger partial charge in [-0.25, -0.2) is 27.1 Å². The molecule has 1 N–H and O–H groups in total. The molecule has 1 aromatic heterocycles. The number of sulfonamides is 1. The molecule has 47 heavy (non-hydrogen) atoms. The van der Waals surface area contributed by atoms with E-state index in [0.29, 0.717) is 43.4 Å². The van der Waals surface area contributed by atoms with Crippen molar-refractivity contribution in [3.63, 3.8) is 0 Å². The van der Waals surface area contributed by atoms with Crippen LogP contribution in [0.15, 0.2) is 30.7 Å². The molecular weight excluding hydrogens is 621 g/mol. The molecule has 5 heterocycles. The minimum absolute atomic E-state index is 0.0646. The summed E-state index contributed by atoms with van der Waals surface area (Å²) in [7, 11) is -3.21. The molecule has 0 radical (unpaired) electrons. The number of anilines is 1. The number of ether oxygens (including phenoxy) is 1. The van der Waals surface area contributed by atoms with Crippen molar-refractivity contribution in [2.45, 2.75) is 77.1 Å². The first-order chi connectivity index (χ1) is 22.5. The predicted octanol–water partition coefficient (Wildman–Crippen LogP) is 3.97. The van der Waals surface area contributed by atoms with Crippen molar-refractivity contribution in [3.8, 4) is 11.5 Å². The van der Waals surface area contributed by atoms with Gasteiger partial charge in [-0.3, -0.25) is 4.79 Å². The van der Waals surface area contributed by atoms with Crippen molar-refractivity contribution in [1.82, 2.24) is 29.4 Å². The summed E-state index contributed by atoms with van der Waals surface area (Å²) < 4.78 is 48.8. The van der Waals surface area contributed by atoms with Gasteiger partial charge in [0.05, 0.1) is 17.0 Å². The second-order valence-corrected chi connectivity index (χ2v) is 16.7. The lowest BCUT2D eigenvalue weighted by atomic mass is 9.72. The summed E-state index contributed by atoms with van der Waals surface area (Å²) >= 11 is 0. The van der Waals surface area contributed by atoms with E-state index >= 15 is 0 Å². The molecule has 1 atom stereocenters. The first-order valence-electron chi connectivity index (χ1n) is 17.2. The third-order valence-corrected chi connectivity index (χ3v) is 12.9. The van der Waals surface area contributed by atoms with E-state index in [9.17, 15) is 17.6 Å². The summed E-state index contributed by atoms with van der Waals surface area (Å²) in [6.07, 6.45) is 7.42. The number of aromatic nitrogens is 2. The van der Waals surface area contributed by atoms with Gasteiger partial charge in [0.1, 0.15) is 17.9 Å². The number of amides is 1. The molecular formula is C34H50FN7O4S. The van der Waals surface area contributed by atoms with E-state index < -0.39 is 15.8 Å². The van der Waals surface area contributed by atoms with Gasteiger partial charge in [-0.05, 0) is 102 Å². The fraction of sp³-hybridized carbons (Fsp3) is 0.676. The highest BCUT2D eigenvalue weighted by molar-refractivity contribution is 7.89. The van der Waals surface area contributed by atoms with Gasteiger partial charge < -0.3 is 24.8 Å². The molecule has 4 fully saturated rings. The molecule has 13 heteroatoms. The SMILES string of the molecule is CC(C)N(C(=O)c1cc(F)ccc1Oc1cncnc1N1CC[C@@H](CN2CC3(CCN(S(=O)(=O)C4CCNCC4)CC3)C2)C1)C(C)C. The number of hydrogen-bond donors (Lipinski definition) is 1. The van der Waals surface area contributed by atoms with E-state index in [1.54, 1.807) is 15.4 Å². The molecule has 0 unspecified atom stereocenters. The molecule has 1 aromatic carbocycles. The van der Waals surface area contributed by atoms with E-state index in [1.165, 1.54) is 24.5 Å². The van der Waals surface area contributed by atoms with Gasteiger partial charge >= 0.3 is 0 Å². The number of benzene rings is 1. The number of likely N-dealkylation sites (tertiary alicyclic amines) is 1. The lowest BCUT2D eigenvalue weighted by Gasteiger charge is -2.54. The van der Waals surface area contributed by atoms with Crippen LogP contribution >= 0.6 is 0 Å². The van der Waals surface area contributed by atoms with Crippen molar-refractivity contribution in [2.24, 2.45) is 11.3 Å². The van der Waals surface area contributed by atoms with Crippen LogP contribution in [0.2, 0.25) is 0 Å². The van der Waals surface area contributed by atoms with Crippen molar-refractivity contribution >= 4 is 21.7 Å². The van der Waals surface area contributed by atoms with Gasteiger partial charge in [0.15, 0.2) is 11.6 Å². The molecule has 258 valence electrons. The fourth-order valence-electron chi connectivity index (χ4n) is 8.11. The van der Waals surface area contributed by atoms with Crippen LogP contribution in [0.25, 0.3) is 0 Å². The Morgan fingerprint density at radius 1 is 1.06 bits per heavy atom. The standard InChI is InChI=1S/C34H50FN7O4S/c1-24(2)42(25(3)4)33(43)29-17-27(35)5-6-30(29)46-31-18-37-23-38-32(31)40-14-9-26(20-40)19-39-21-34(22-39)10-15-41(16-11-34)47(44,45)28-7-12-36-13-8-28/h5-6,17-18,23-26,28,36H,7-16,19-22H2,1-4H3/t26-/m0/s1. The Morgan fingerprint density at radius 3 is 2.45 bits per heavy atom. The zero-order valence-electron chi connectivity index (χ0n) is 28.2. The average molecular weight is 672 g/mol. The first kappa shape index (κ1) is 34.0. The number of hydrogen-bond acceptors (Lipinski definition) is 9. The summed E-state index contributed by atoms with van der Waals surface area (Å²) in [5.41, 5.74) is 0.403. The topological polar surface area (TPSA) is 111 Å². The monoisotopic (exact) mass is 671 g/mol. The zero-order chi connectivity index (χ0) is 33.3. The number of halogens is 1. The summed E-state index contributed by atoms with van der Waals surface area (Å²) in [4.78, 5) is 28.8. The molecule has 1 amide bonds. The van der Waals surface area contributed by atoms with E-state index in [1.807, 2.05) is 27.7 Å². The second-order valence-electron chi connectivity index (χ2n) is 14.5. The highest BCUT2D eigenvalue weighted by atomic mass is 32.2. The lowest BCUT2D eigenvalue weighted by Crippen LogP contribution is -2.62. The molecule has 0 saturated carbocycles. The summed E-state index contributed by atoms with van der Waals surface area (Å²) in [5.74, 6) is 1.05. The molecule has 0 aliphatic carbocycles. The van der Waals surface area contributed by atoms with Crippen molar-refractivity contribution < 1.29 is 22.3 Å². The highest BCUT2D eigenvalue weighted by Gasteiger charge is 2.48. The lowest BCUT2D eigenvalue weighted by molar-refractivity contribution is -0.0408. The Kier molecular flexibility index (Phi) is 10.1. The number of carbonyl (C=O) groups is 1. The van der Waals surface area contributed by atoms with Gasteiger partial charge in [-0.15, -0.1) is 0 Å². The second kappa shape index (κ2) is 13.9. The summed E-state index contributed by atoms with van der Waals surface area (Å²) in [5, 5.41) is 3.03. The third kappa shape index (κ3) is 7.28.